The van der Waals surface area contributed by atoms with Crippen molar-refractivity contribution < 1.29 is 17.9 Å². The molecule has 0 saturated carbocycles. The molecular weight excluding hydrogens is 424 g/mol. The van der Waals surface area contributed by atoms with Crippen LogP contribution in [-0.2, 0) is 10.0 Å². The molecule has 1 unspecified atom stereocenters. The molecule has 1 N–H and O–H groups in total. The molecule has 0 aliphatic heterocycles. The molecule has 1 atom stereocenters. The highest BCUT2D eigenvalue weighted by Crippen LogP contribution is 2.32. The van der Waals surface area contributed by atoms with Crippen LogP contribution in [0.3, 0.4) is 0 Å². The fraction of sp³-hybridized carbons (Fsp3) is 0.381. The van der Waals surface area contributed by atoms with Gasteiger partial charge in [-0.25, -0.2) is 13.1 Å². The van der Waals surface area contributed by atoms with E-state index in [2.05, 4.69) is 4.72 Å². The molecule has 0 amide bonds. The molecule has 1 aromatic heterocycles. The van der Waals surface area contributed by atoms with Crippen molar-refractivity contribution >= 4 is 31.6 Å². The number of nitrogens with zero attached hydrogens (tertiary/aromatic N) is 1. The van der Waals surface area contributed by atoms with Crippen LogP contribution in [0.5, 0.6) is 11.5 Å². The molecule has 162 valence electrons. The van der Waals surface area contributed by atoms with Crippen LogP contribution in [0.4, 0.5) is 0 Å². The maximum Gasteiger partial charge on any atom is 0.308 e. The van der Waals surface area contributed by atoms with E-state index < -0.39 is 16.1 Å². The molecule has 1 heterocycles. The minimum Gasteiger partial charge on any atom is -0.493 e. The van der Waals surface area contributed by atoms with Crippen molar-refractivity contribution in [2.75, 3.05) is 14.2 Å². The lowest BCUT2D eigenvalue weighted by Crippen LogP contribution is -2.28. The van der Waals surface area contributed by atoms with Crippen LogP contribution in [0.1, 0.15) is 44.8 Å². The molecule has 7 nitrogen and oxygen atoms in total. The van der Waals surface area contributed by atoms with E-state index in [-0.39, 0.29) is 15.8 Å². The van der Waals surface area contributed by atoms with Crippen LogP contribution in [0.2, 0.25) is 0 Å². The van der Waals surface area contributed by atoms with Gasteiger partial charge in [0.25, 0.3) is 0 Å². The van der Waals surface area contributed by atoms with Crippen LogP contribution in [0.25, 0.3) is 10.2 Å². The van der Waals surface area contributed by atoms with E-state index in [4.69, 9.17) is 9.47 Å². The highest BCUT2D eigenvalue weighted by atomic mass is 32.2. The zero-order valence-electron chi connectivity index (χ0n) is 17.6. The summed E-state index contributed by atoms with van der Waals surface area (Å²) in [4.78, 5) is 12.3. The first-order chi connectivity index (χ1) is 14.2. The van der Waals surface area contributed by atoms with Gasteiger partial charge in [-0.15, -0.1) is 0 Å². The van der Waals surface area contributed by atoms with E-state index in [1.54, 1.807) is 35.9 Å². The van der Waals surface area contributed by atoms with E-state index in [0.29, 0.717) is 22.6 Å². The van der Waals surface area contributed by atoms with Crippen LogP contribution in [0.15, 0.2) is 46.1 Å². The van der Waals surface area contributed by atoms with Crippen molar-refractivity contribution in [1.29, 1.82) is 0 Å². The second-order valence-corrected chi connectivity index (χ2v) is 9.86. The first-order valence-corrected chi connectivity index (χ1v) is 11.9. The van der Waals surface area contributed by atoms with Crippen LogP contribution in [-0.4, -0.2) is 27.2 Å². The molecule has 3 aromatic rings. The number of hydrogen-bond acceptors (Lipinski definition) is 6. The number of rotatable bonds is 8. The van der Waals surface area contributed by atoms with Gasteiger partial charge in [-0.2, -0.15) is 0 Å². The fourth-order valence-corrected chi connectivity index (χ4v) is 5.85. The smallest absolute Gasteiger partial charge is 0.308 e. The number of hydrogen-bond donors (Lipinski definition) is 1. The summed E-state index contributed by atoms with van der Waals surface area (Å²) < 4.78 is 41.8. The van der Waals surface area contributed by atoms with E-state index in [0.717, 1.165) is 22.4 Å². The number of sulfonamides is 1. The molecule has 30 heavy (non-hydrogen) atoms. The summed E-state index contributed by atoms with van der Waals surface area (Å²) in [6, 6.07) is 9.69. The van der Waals surface area contributed by atoms with Gasteiger partial charge >= 0.3 is 4.87 Å². The minimum atomic E-state index is -3.80. The Hall–Kier alpha value is -2.36. The molecule has 3 rings (SSSR count). The van der Waals surface area contributed by atoms with Crippen LogP contribution < -0.4 is 19.1 Å². The first kappa shape index (κ1) is 22.3. The van der Waals surface area contributed by atoms with E-state index in [9.17, 15) is 13.2 Å². The highest BCUT2D eigenvalue weighted by molar-refractivity contribution is 7.89. The Morgan fingerprint density at radius 1 is 1.07 bits per heavy atom. The average Bonchev–Trinajstić information content (AvgIpc) is 3.06. The molecule has 0 bridgehead atoms. The summed E-state index contributed by atoms with van der Waals surface area (Å²) in [7, 11) is -0.708. The first-order valence-electron chi connectivity index (χ1n) is 9.61. The number of methoxy groups -OCH3 is 2. The Labute approximate surface area is 180 Å². The Morgan fingerprint density at radius 2 is 1.77 bits per heavy atom. The molecule has 0 spiro atoms. The zero-order valence-corrected chi connectivity index (χ0v) is 19.3. The number of nitrogens with one attached hydrogen (secondary N) is 1. The number of aromatic nitrogens is 1. The Bertz CT molecular complexity index is 1210. The summed E-state index contributed by atoms with van der Waals surface area (Å²) in [5, 5.41) is 0. The molecular formula is C21H26N2O5S2. The lowest BCUT2D eigenvalue weighted by atomic mass is 10.1. The number of thiazole rings is 1. The second-order valence-electron chi connectivity index (χ2n) is 7.16. The largest absolute Gasteiger partial charge is 0.493 e. The van der Waals surface area contributed by atoms with Gasteiger partial charge in [0.05, 0.1) is 29.3 Å². The standard InChI is InChI=1S/C21H26N2O5S2/c1-6-16(14-7-10-18(27-4)19(11-14)28-5)22-30(25,26)15-8-9-17-20(12-15)29-21(24)23(17)13(2)3/h7-13,16,22H,6H2,1-5H3. The topological polar surface area (TPSA) is 86.6 Å². The van der Waals surface area contributed by atoms with Crippen LogP contribution >= 0.6 is 11.3 Å². The van der Waals surface area contributed by atoms with E-state index in [1.165, 1.54) is 13.2 Å². The van der Waals surface area contributed by atoms with Crippen molar-refractivity contribution in [3.63, 3.8) is 0 Å². The quantitative estimate of drug-likeness (QED) is 0.559. The monoisotopic (exact) mass is 450 g/mol. The summed E-state index contributed by atoms with van der Waals surface area (Å²) in [5.74, 6) is 1.11. The normalized spacial score (nSPS) is 13.0. The van der Waals surface area contributed by atoms with E-state index in [1.807, 2.05) is 26.8 Å². The predicted octanol–water partition coefficient (Wildman–Crippen LogP) is 4.09. The van der Waals surface area contributed by atoms with Gasteiger partial charge in [-0.05, 0) is 56.2 Å². The van der Waals surface area contributed by atoms with Gasteiger partial charge in [0.1, 0.15) is 0 Å². The van der Waals surface area contributed by atoms with E-state index >= 15 is 0 Å². The summed E-state index contributed by atoms with van der Waals surface area (Å²) in [5.41, 5.74) is 1.52. The van der Waals surface area contributed by atoms with Gasteiger partial charge in [0.2, 0.25) is 10.0 Å². The van der Waals surface area contributed by atoms with Crippen molar-refractivity contribution in [1.82, 2.24) is 9.29 Å². The third-order valence-corrected chi connectivity index (χ3v) is 7.31. The second kappa shape index (κ2) is 8.79. The third-order valence-electron chi connectivity index (χ3n) is 4.93. The molecule has 0 saturated heterocycles. The van der Waals surface area contributed by atoms with Crippen LogP contribution in [0, 0.1) is 0 Å². The summed E-state index contributed by atoms with van der Waals surface area (Å²) in [6.45, 7) is 5.76. The van der Waals surface area contributed by atoms with Crippen molar-refractivity contribution in [3.05, 3.63) is 51.6 Å². The van der Waals surface area contributed by atoms with Gasteiger partial charge in [0, 0.05) is 12.1 Å². The predicted molar refractivity (Wildman–Crippen MR) is 119 cm³/mol. The number of fused-ring (bicyclic) bond motifs is 1. The number of ether oxygens (including phenoxy) is 2. The van der Waals surface area contributed by atoms with Crippen molar-refractivity contribution in [2.24, 2.45) is 0 Å². The molecule has 0 radical (unpaired) electrons. The molecule has 0 aliphatic carbocycles. The van der Waals surface area contributed by atoms with Crippen molar-refractivity contribution in [3.8, 4) is 11.5 Å². The van der Waals surface area contributed by atoms with Crippen molar-refractivity contribution in [2.45, 2.75) is 44.2 Å². The van der Waals surface area contributed by atoms with Gasteiger partial charge < -0.3 is 9.47 Å². The molecule has 9 heteroatoms. The molecule has 0 fully saturated rings. The van der Waals surface area contributed by atoms with Gasteiger partial charge in [-0.1, -0.05) is 24.3 Å². The summed E-state index contributed by atoms with van der Waals surface area (Å²) in [6.07, 6.45) is 0.550. The average molecular weight is 451 g/mol. The molecule has 2 aromatic carbocycles. The SMILES string of the molecule is CCC(NS(=O)(=O)c1ccc2c(c1)sc(=O)n2C(C)C)c1ccc(OC)c(OC)c1. The Morgan fingerprint density at radius 3 is 2.37 bits per heavy atom. The Kier molecular flexibility index (Phi) is 6.54. The molecule has 0 aliphatic rings. The zero-order chi connectivity index (χ0) is 22.1. The lowest BCUT2D eigenvalue weighted by Gasteiger charge is -2.19. The fourth-order valence-electron chi connectivity index (χ4n) is 3.38. The third kappa shape index (κ3) is 4.23. The maximum absolute atomic E-state index is 13.1. The maximum atomic E-state index is 13.1. The Balaban J connectivity index is 1.96. The lowest BCUT2D eigenvalue weighted by molar-refractivity contribution is 0.354. The highest BCUT2D eigenvalue weighted by Gasteiger charge is 2.23. The number of benzene rings is 2. The van der Waals surface area contributed by atoms with Gasteiger partial charge in [0.15, 0.2) is 11.5 Å². The summed E-state index contributed by atoms with van der Waals surface area (Å²) >= 11 is 1.05. The van der Waals surface area contributed by atoms with Gasteiger partial charge in [-0.3, -0.25) is 9.36 Å². The minimum absolute atomic E-state index is 0.00126.